The van der Waals surface area contributed by atoms with Gasteiger partial charge in [-0.2, -0.15) is 0 Å². The zero-order valence-electron chi connectivity index (χ0n) is 11.8. The van der Waals surface area contributed by atoms with E-state index in [-0.39, 0.29) is 23.8 Å². The molecular weight excluding hydrogens is 244 g/mol. The Bertz CT molecular complexity index is 377. The first-order valence-electron chi connectivity index (χ1n) is 7.15. The van der Waals surface area contributed by atoms with Crippen molar-refractivity contribution in [1.29, 1.82) is 0 Å². The summed E-state index contributed by atoms with van der Waals surface area (Å²) < 4.78 is 0. The van der Waals surface area contributed by atoms with Crippen molar-refractivity contribution in [2.75, 3.05) is 19.6 Å². The summed E-state index contributed by atoms with van der Waals surface area (Å²) in [5, 5.41) is 15.3. The molecule has 1 saturated heterocycles. The van der Waals surface area contributed by atoms with Gasteiger partial charge >= 0.3 is 5.97 Å². The molecule has 0 aromatic heterocycles. The summed E-state index contributed by atoms with van der Waals surface area (Å²) in [6, 6.07) is 0. The third kappa shape index (κ3) is 2.76. The normalized spacial score (nSPS) is 27.6. The third-order valence-corrected chi connectivity index (χ3v) is 5.05. The first kappa shape index (κ1) is 14.3. The molecule has 0 aromatic rings. The fraction of sp³-hybridized carbons (Fsp3) is 0.857. The van der Waals surface area contributed by atoms with E-state index in [4.69, 9.17) is 0 Å². The van der Waals surface area contributed by atoms with E-state index in [9.17, 15) is 14.7 Å². The van der Waals surface area contributed by atoms with Crippen molar-refractivity contribution in [1.82, 2.24) is 10.6 Å². The number of aliphatic carboxylic acids is 1. The molecule has 2 atom stereocenters. The quantitative estimate of drug-likeness (QED) is 0.695. The molecule has 2 rings (SSSR count). The summed E-state index contributed by atoms with van der Waals surface area (Å²) in [5.41, 5.74) is -0.646. The van der Waals surface area contributed by atoms with Crippen LogP contribution in [0.5, 0.6) is 0 Å². The number of carboxylic acid groups (broad SMARTS) is 1. The zero-order valence-corrected chi connectivity index (χ0v) is 11.8. The number of hydrogen-bond donors (Lipinski definition) is 3. The molecular formula is C14H24N2O3. The van der Waals surface area contributed by atoms with Crippen molar-refractivity contribution in [2.45, 2.75) is 39.5 Å². The number of piperidine rings is 1. The Morgan fingerprint density at radius 1 is 1.42 bits per heavy atom. The van der Waals surface area contributed by atoms with Crippen LogP contribution >= 0.6 is 0 Å². The van der Waals surface area contributed by atoms with Crippen molar-refractivity contribution in [3.63, 3.8) is 0 Å². The maximum Gasteiger partial charge on any atom is 0.311 e. The molecule has 0 bridgehead atoms. The lowest BCUT2D eigenvalue weighted by atomic mass is 9.87. The molecule has 2 unspecified atom stereocenters. The van der Waals surface area contributed by atoms with Gasteiger partial charge in [-0.05, 0) is 51.1 Å². The molecule has 5 heteroatoms. The molecule has 2 fully saturated rings. The SMILES string of the molecule is CCC(C)(CNC(=O)C1CC12CCNCC2)C(=O)O. The number of nitrogens with one attached hydrogen (secondary N) is 2. The summed E-state index contributed by atoms with van der Waals surface area (Å²) in [7, 11) is 0. The number of carbonyl (C=O) groups is 2. The third-order valence-electron chi connectivity index (χ3n) is 5.05. The number of hydrogen-bond acceptors (Lipinski definition) is 3. The Hall–Kier alpha value is -1.10. The fourth-order valence-electron chi connectivity index (χ4n) is 2.95. The van der Waals surface area contributed by atoms with Gasteiger partial charge in [-0.3, -0.25) is 9.59 Å². The van der Waals surface area contributed by atoms with Gasteiger partial charge in [0.2, 0.25) is 5.91 Å². The Morgan fingerprint density at radius 3 is 2.58 bits per heavy atom. The molecule has 108 valence electrons. The number of amides is 1. The van der Waals surface area contributed by atoms with Crippen molar-refractivity contribution >= 4 is 11.9 Å². The minimum Gasteiger partial charge on any atom is -0.481 e. The van der Waals surface area contributed by atoms with Crippen molar-refractivity contribution in [3.8, 4) is 0 Å². The lowest BCUT2D eigenvalue weighted by Crippen LogP contribution is -2.42. The summed E-state index contributed by atoms with van der Waals surface area (Å²) in [5.74, 6) is -0.699. The highest BCUT2D eigenvalue weighted by Crippen LogP contribution is 2.58. The predicted octanol–water partition coefficient (Wildman–Crippen LogP) is 0.993. The Morgan fingerprint density at radius 2 is 2.05 bits per heavy atom. The van der Waals surface area contributed by atoms with E-state index in [0.29, 0.717) is 6.42 Å². The van der Waals surface area contributed by atoms with Gasteiger partial charge < -0.3 is 15.7 Å². The van der Waals surface area contributed by atoms with Crippen LogP contribution in [-0.2, 0) is 9.59 Å². The van der Waals surface area contributed by atoms with Gasteiger partial charge in [0, 0.05) is 12.5 Å². The first-order valence-corrected chi connectivity index (χ1v) is 7.15. The van der Waals surface area contributed by atoms with Crippen LogP contribution in [0, 0.1) is 16.7 Å². The molecule has 3 N–H and O–H groups in total. The molecule has 2 aliphatic rings. The van der Waals surface area contributed by atoms with Gasteiger partial charge in [0.15, 0.2) is 0 Å². The van der Waals surface area contributed by atoms with E-state index in [2.05, 4.69) is 10.6 Å². The Kier molecular flexibility index (Phi) is 3.85. The number of carboxylic acids is 1. The van der Waals surface area contributed by atoms with Gasteiger partial charge in [-0.1, -0.05) is 6.92 Å². The van der Waals surface area contributed by atoms with Crippen molar-refractivity contribution in [3.05, 3.63) is 0 Å². The van der Waals surface area contributed by atoms with E-state index in [1.807, 2.05) is 6.92 Å². The molecule has 1 spiro atoms. The standard InChI is InChI=1S/C14H24N2O3/c1-3-13(2,12(18)19)9-16-11(17)10-8-14(10)4-6-15-7-5-14/h10,15H,3-9H2,1-2H3,(H,16,17)(H,18,19). The van der Waals surface area contributed by atoms with Crippen LogP contribution in [0.4, 0.5) is 0 Å². The monoisotopic (exact) mass is 268 g/mol. The van der Waals surface area contributed by atoms with Crippen LogP contribution in [0.3, 0.4) is 0 Å². The largest absolute Gasteiger partial charge is 0.481 e. The molecule has 1 heterocycles. The Labute approximate surface area is 114 Å². The molecule has 1 amide bonds. The molecule has 1 aliphatic heterocycles. The van der Waals surface area contributed by atoms with Crippen LogP contribution in [0.2, 0.25) is 0 Å². The van der Waals surface area contributed by atoms with E-state index < -0.39 is 11.4 Å². The topological polar surface area (TPSA) is 78.4 Å². The molecule has 0 aromatic carbocycles. The van der Waals surface area contributed by atoms with Crippen LogP contribution < -0.4 is 10.6 Å². The van der Waals surface area contributed by atoms with E-state index in [0.717, 1.165) is 32.4 Å². The molecule has 19 heavy (non-hydrogen) atoms. The summed E-state index contributed by atoms with van der Waals surface area (Å²) in [6.07, 6.45) is 3.61. The molecule has 0 radical (unpaired) electrons. The lowest BCUT2D eigenvalue weighted by molar-refractivity contribution is -0.148. The van der Waals surface area contributed by atoms with E-state index in [1.165, 1.54) is 0 Å². The van der Waals surface area contributed by atoms with E-state index in [1.54, 1.807) is 6.92 Å². The minimum absolute atomic E-state index is 0.0443. The minimum atomic E-state index is -0.855. The van der Waals surface area contributed by atoms with Crippen LogP contribution in [0.15, 0.2) is 0 Å². The summed E-state index contributed by atoms with van der Waals surface area (Å²) >= 11 is 0. The smallest absolute Gasteiger partial charge is 0.311 e. The number of carbonyl (C=O) groups excluding carboxylic acids is 1. The zero-order chi connectivity index (χ0) is 14.1. The van der Waals surface area contributed by atoms with Gasteiger partial charge in [-0.25, -0.2) is 0 Å². The molecule has 5 nitrogen and oxygen atoms in total. The second kappa shape index (κ2) is 5.12. The van der Waals surface area contributed by atoms with Crippen LogP contribution in [0.1, 0.15) is 39.5 Å². The fourth-order valence-corrected chi connectivity index (χ4v) is 2.95. The van der Waals surface area contributed by atoms with Gasteiger partial charge in [0.25, 0.3) is 0 Å². The second-order valence-corrected chi connectivity index (χ2v) is 6.31. The van der Waals surface area contributed by atoms with Crippen LogP contribution in [-0.4, -0.2) is 36.6 Å². The number of rotatable bonds is 5. The highest BCUT2D eigenvalue weighted by molar-refractivity contribution is 5.83. The maximum absolute atomic E-state index is 12.1. The van der Waals surface area contributed by atoms with Gasteiger partial charge in [-0.15, -0.1) is 0 Å². The summed E-state index contributed by atoms with van der Waals surface area (Å²) in [4.78, 5) is 23.3. The first-order chi connectivity index (χ1) is 8.93. The molecule has 1 saturated carbocycles. The molecule has 1 aliphatic carbocycles. The predicted molar refractivity (Wildman–Crippen MR) is 71.7 cm³/mol. The maximum atomic E-state index is 12.1. The second-order valence-electron chi connectivity index (χ2n) is 6.31. The highest BCUT2D eigenvalue weighted by Gasteiger charge is 2.57. The highest BCUT2D eigenvalue weighted by atomic mass is 16.4. The van der Waals surface area contributed by atoms with Crippen LogP contribution in [0.25, 0.3) is 0 Å². The summed E-state index contributed by atoms with van der Waals surface area (Å²) in [6.45, 7) is 5.73. The lowest BCUT2D eigenvalue weighted by Gasteiger charge is -2.25. The van der Waals surface area contributed by atoms with Gasteiger partial charge in [0.1, 0.15) is 0 Å². The van der Waals surface area contributed by atoms with Crippen molar-refractivity contribution < 1.29 is 14.7 Å². The van der Waals surface area contributed by atoms with E-state index >= 15 is 0 Å². The Balaban J connectivity index is 1.84. The van der Waals surface area contributed by atoms with Crippen molar-refractivity contribution in [2.24, 2.45) is 16.7 Å². The average molecular weight is 268 g/mol. The van der Waals surface area contributed by atoms with Gasteiger partial charge in [0.05, 0.1) is 5.41 Å². The average Bonchev–Trinajstić information content (AvgIpc) is 3.09.